The first-order valence-electron chi connectivity index (χ1n) is 5.48. The molecule has 0 amide bonds. The van der Waals surface area contributed by atoms with Crippen LogP contribution in [0.15, 0.2) is 35.4 Å². The van der Waals surface area contributed by atoms with E-state index in [1.165, 1.54) is 15.6 Å². The Morgan fingerprint density at radius 1 is 1.39 bits per heavy atom. The Hall–Kier alpha value is -2.32. The van der Waals surface area contributed by atoms with Gasteiger partial charge in [-0.15, -0.1) is 0 Å². The normalized spacial score (nSPS) is 9.89. The average molecular weight is 243 g/mol. The number of hydrogen-bond donors (Lipinski definition) is 1. The lowest BCUT2D eigenvalue weighted by molar-refractivity contribution is 0.350. The van der Waals surface area contributed by atoms with E-state index in [1.807, 2.05) is 24.3 Å². The van der Waals surface area contributed by atoms with Gasteiger partial charge in [0.2, 0.25) is 0 Å². The molecule has 2 aromatic rings. The number of aromatic nitrogens is 3. The fourth-order valence-corrected chi connectivity index (χ4v) is 1.61. The summed E-state index contributed by atoms with van der Waals surface area (Å²) in [5.74, 6) is 5.46. The second-order valence-electron chi connectivity index (χ2n) is 3.80. The van der Waals surface area contributed by atoms with Crippen LogP contribution in [0.2, 0.25) is 0 Å². The van der Waals surface area contributed by atoms with E-state index < -0.39 is 0 Å². The Morgan fingerprint density at radius 3 is 2.83 bits per heavy atom. The van der Waals surface area contributed by atoms with Crippen LogP contribution in [-0.2, 0) is 13.6 Å². The summed E-state index contributed by atoms with van der Waals surface area (Å²) in [7, 11) is 1.66. The van der Waals surface area contributed by atoms with E-state index in [4.69, 9.17) is 5.11 Å². The summed E-state index contributed by atoms with van der Waals surface area (Å²) in [6.45, 7) is 0.188. The molecule has 1 heterocycles. The average Bonchev–Trinajstić information content (AvgIpc) is 2.70. The number of nitrogens with zero attached hydrogens (tertiary/aromatic N) is 3. The lowest BCUT2D eigenvalue weighted by Crippen LogP contribution is -2.23. The molecule has 0 saturated carbocycles. The Labute approximate surface area is 104 Å². The molecule has 0 aliphatic rings. The van der Waals surface area contributed by atoms with Crippen LogP contribution in [0.5, 0.6) is 0 Å². The van der Waals surface area contributed by atoms with Gasteiger partial charge in [0.1, 0.15) is 12.9 Å². The third-order valence-corrected chi connectivity index (χ3v) is 2.53. The molecular weight excluding hydrogens is 230 g/mol. The van der Waals surface area contributed by atoms with Gasteiger partial charge in [0.15, 0.2) is 0 Å². The highest BCUT2D eigenvalue weighted by Crippen LogP contribution is 2.07. The minimum Gasteiger partial charge on any atom is -0.384 e. The number of hydrogen-bond acceptors (Lipinski definition) is 3. The van der Waals surface area contributed by atoms with Crippen LogP contribution < -0.4 is 5.69 Å². The predicted octanol–water partition coefficient (Wildman–Crippen LogP) is -0.0261. The molecule has 0 bridgehead atoms. The largest absolute Gasteiger partial charge is 0.384 e. The Morgan fingerprint density at radius 2 is 2.17 bits per heavy atom. The fraction of sp³-hybridized carbons (Fsp3) is 0.231. The Kier molecular flexibility index (Phi) is 3.60. The number of rotatable bonds is 2. The van der Waals surface area contributed by atoms with Gasteiger partial charge >= 0.3 is 5.69 Å². The smallest absolute Gasteiger partial charge is 0.345 e. The third kappa shape index (κ3) is 2.50. The summed E-state index contributed by atoms with van der Waals surface area (Å²) >= 11 is 0. The van der Waals surface area contributed by atoms with E-state index in [0.717, 1.165) is 11.1 Å². The van der Waals surface area contributed by atoms with E-state index in [0.29, 0.717) is 6.54 Å². The van der Waals surface area contributed by atoms with Crippen LogP contribution in [0, 0.1) is 11.8 Å². The predicted molar refractivity (Wildman–Crippen MR) is 67.0 cm³/mol. The van der Waals surface area contributed by atoms with Gasteiger partial charge in [-0.2, -0.15) is 5.10 Å². The molecule has 1 aromatic carbocycles. The van der Waals surface area contributed by atoms with Gasteiger partial charge < -0.3 is 5.11 Å². The molecule has 1 N–H and O–H groups in total. The van der Waals surface area contributed by atoms with Crippen molar-refractivity contribution in [1.29, 1.82) is 0 Å². The summed E-state index contributed by atoms with van der Waals surface area (Å²) < 4.78 is 2.79. The van der Waals surface area contributed by atoms with Gasteiger partial charge in [-0.3, -0.25) is 4.57 Å². The van der Waals surface area contributed by atoms with Crippen LogP contribution in [0.1, 0.15) is 11.1 Å². The van der Waals surface area contributed by atoms with Crippen molar-refractivity contribution in [3.63, 3.8) is 0 Å². The molecule has 92 valence electrons. The summed E-state index contributed by atoms with van der Waals surface area (Å²) in [5.41, 5.74) is 1.53. The molecule has 0 saturated heterocycles. The van der Waals surface area contributed by atoms with Crippen molar-refractivity contribution in [3.8, 4) is 11.8 Å². The molecule has 0 fully saturated rings. The van der Waals surface area contributed by atoms with Crippen LogP contribution in [0.25, 0.3) is 0 Å². The van der Waals surface area contributed by atoms with Gasteiger partial charge in [-0.1, -0.05) is 30.0 Å². The summed E-state index contributed by atoms with van der Waals surface area (Å²) in [6, 6.07) is 7.49. The highest BCUT2D eigenvalue weighted by Gasteiger charge is 2.05. The first kappa shape index (κ1) is 12.1. The lowest BCUT2D eigenvalue weighted by atomic mass is 10.1. The maximum absolute atomic E-state index is 11.7. The second-order valence-corrected chi connectivity index (χ2v) is 3.80. The molecule has 0 atom stereocenters. The number of aliphatic hydroxyl groups excluding tert-OH is 1. The van der Waals surface area contributed by atoms with Gasteiger partial charge in [-0.25, -0.2) is 9.48 Å². The quantitative estimate of drug-likeness (QED) is 0.754. The van der Waals surface area contributed by atoms with Crippen LogP contribution in [-0.4, -0.2) is 26.1 Å². The van der Waals surface area contributed by atoms with E-state index >= 15 is 0 Å². The zero-order valence-electron chi connectivity index (χ0n) is 10.00. The molecule has 0 unspecified atom stereocenters. The minimum absolute atomic E-state index is 0.167. The molecule has 5 nitrogen and oxygen atoms in total. The van der Waals surface area contributed by atoms with Crippen LogP contribution in [0.4, 0.5) is 0 Å². The summed E-state index contributed by atoms with van der Waals surface area (Å²) in [6.07, 6.45) is 1.48. The minimum atomic E-state index is -0.183. The zero-order chi connectivity index (χ0) is 13.0. The highest BCUT2D eigenvalue weighted by molar-refractivity contribution is 5.41. The van der Waals surface area contributed by atoms with Gasteiger partial charge in [0.05, 0.1) is 6.54 Å². The van der Waals surface area contributed by atoms with Gasteiger partial charge in [0, 0.05) is 12.6 Å². The standard InChI is InChI=1S/C13H13N3O2/c1-15-10-14-16(13(15)18)9-12-6-3-2-5-11(12)7-4-8-17/h2-3,5-6,10,17H,8-9H2,1H3. The topological polar surface area (TPSA) is 60.1 Å². The van der Waals surface area contributed by atoms with E-state index in [2.05, 4.69) is 16.9 Å². The maximum Gasteiger partial charge on any atom is 0.345 e. The number of benzene rings is 1. The maximum atomic E-state index is 11.7. The van der Waals surface area contributed by atoms with Crippen LogP contribution >= 0.6 is 0 Å². The van der Waals surface area contributed by atoms with Gasteiger partial charge in [-0.05, 0) is 11.6 Å². The molecule has 0 aliphatic carbocycles. The SMILES string of the molecule is Cn1cnn(Cc2ccccc2C#CCO)c1=O. The highest BCUT2D eigenvalue weighted by atomic mass is 16.2. The molecule has 5 heteroatoms. The van der Waals surface area contributed by atoms with Gasteiger partial charge in [0.25, 0.3) is 0 Å². The van der Waals surface area contributed by atoms with Crippen molar-refractivity contribution in [2.24, 2.45) is 7.05 Å². The van der Waals surface area contributed by atoms with Crippen molar-refractivity contribution in [1.82, 2.24) is 14.3 Å². The zero-order valence-corrected chi connectivity index (χ0v) is 10.00. The molecule has 1 aromatic heterocycles. The molecule has 0 aliphatic heterocycles. The summed E-state index contributed by atoms with van der Waals surface area (Å²) in [5, 5.41) is 12.7. The number of aliphatic hydroxyl groups is 1. The van der Waals surface area contributed by atoms with Crippen molar-refractivity contribution >= 4 is 0 Å². The first-order chi connectivity index (χ1) is 8.72. The van der Waals surface area contributed by atoms with Crippen molar-refractivity contribution in [2.45, 2.75) is 6.54 Å². The molecule has 0 radical (unpaired) electrons. The molecule has 18 heavy (non-hydrogen) atoms. The molecular formula is C13H13N3O2. The van der Waals surface area contributed by atoms with Crippen molar-refractivity contribution in [2.75, 3.05) is 6.61 Å². The Balaban J connectivity index is 2.35. The van der Waals surface area contributed by atoms with Crippen LogP contribution in [0.3, 0.4) is 0 Å². The number of aryl methyl sites for hydroxylation is 1. The first-order valence-corrected chi connectivity index (χ1v) is 5.48. The lowest BCUT2D eigenvalue weighted by Gasteiger charge is -2.03. The van der Waals surface area contributed by atoms with E-state index in [9.17, 15) is 4.79 Å². The molecule has 2 rings (SSSR count). The van der Waals surface area contributed by atoms with E-state index in [-0.39, 0.29) is 12.3 Å². The second kappa shape index (κ2) is 5.34. The van der Waals surface area contributed by atoms with Crippen molar-refractivity contribution in [3.05, 3.63) is 52.2 Å². The fourth-order valence-electron chi connectivity index (χ4n) is 1.61. The molecule has 0 spiro atoms. The Bertz CT molecular complexity index is 659. The van der Waals surface area contributed by atoms with E-state index in [1.54, 1.807) is 7.05 Å². The van der Waals surface area contributed by atoms with Crippen molar-refractivity contribution < 1.29 is 5.11 Å². The summed E-state index contributed by atoms with van der Waals surface area (Å²) in [4.78, 5) is 11.7. The third-order valence-electron chi connectivity index (χ3n) is 2.53. The monoisotopic (exact) mass is 243 g/mol.